The number of esters is 1. The highest BCUT2D eigenvalue weighted by atomic mass is 32.2. The summed E-state index contributed by atoms with van der Waals surface area (Å²) >= 11 is 1.52. The van der Waals surface area contributed by atoms with Crippen LogP contribution in [0.1, 0.15) is 31.9 Å². The fourth-order valence-corrected chi connectivity index (χ4v) is 6.46. The minimum absolute atomic E-state index is 0.149. The number of thioether (sulfide) groups is 1. The van der Waals surface area contributed by atoms with Crippen LogP contribution in [0.2, 0.25) is 0 Å². The van der Waals surface area contributed by atoms with Crippen LogP contribution in [0.3, 0.4) is 0 Å². The van der Waals surface area contributed by atoms with Gasteiger partial charge in [-0.05, 0) is 45.4 Å². The van der Waals surface area contributed by atoms with Crippen molar-refractivity contribution in [3.05, 3.63) is 65.7 Å². The van der Waals surface area contributed by atoms with Crippen LogP contribution in [-0.2, 0) is 30.8 Å². The Morgan fingerprint density at radius 1 is 1.12 bits per heavy atom. The van der Waals surface area contributed by atoms with Gasteiger partial charge < -0.3 is 10.1 Å². The van der Waals surface area contributed by atoms with Crippen molar-refractivity contribution in [3.8, 4) is 0 Å². The van der Waals surface area contributed by atoms with Gasteiger partial charge in [0.05, 0.1) is 4.90 Å². The van der Waals surface area contributed by atoms with Crippen LogP contribution in [0, 0.1) is 6.92 Å². The van der Waals surface area contributed by atoms with Gasteiger partial charge in [-0.15, -0.1) is 0 Å². The van der Waals surface area contributed by atoms with Gasteiger partial charge in [0, 0.05) is 24.5 Å². The summed E-state index contributed by atoms with van der Waals surface area (Å²) in [6, 6.07) is 14.0. The van der Waals surface area contributed by atoms with Crippen LogP contribution in [0.4, 0.5) is 0 Å². The van der Waals surface area contributed by atoms with Gasteiger partial charge in [-0.3, -0.25) is 4.79 Å². The van der Waals surface area contributed by atoms with Crippen molar-refractivity contribution in [1.82, 2.24) is 9.62 Å². The van der Waals surface area contributed by atoms with E-state index in [1.807, 2.05) is 37.3 Å². The lowest BCUT2D eigenvalue weighted by molar-refractivity contribution is -0.158. The zero-order valence-electron chi connectivity index (χ0n) is 20.0. The summed E-state index contributed by atoms with van der Waals surface area (Å²) in [6.45, 7) is 7.39. The number of carbonyl (C=O) groups excluding carboxylic acids is 2. The molecule has 0 spiro atoms. The Hall–Kier alpha value is -2.36. The molecule has 3 rings (SSSR count). The monoisotopic (exact) mass is 504 g/mol. The fraction of sp³-hybridized carbons (Fsp3) is 0.440. The molecule has 0 saturated carbocycles. The molecule has 1 amide bonds. The smallest absolute Gasteiger partial charge is 0.329 e. The predicted molar refractivity (Wildman–Crippen MR) is 134 cm³/mol. The molecule has 34 heavy (non-hydrogen) atoms. The van der Waals surface area contributed by atoms with E-state index in [4.69, 9.17) is 4.74 Å². The molecule has 0 aliphatic carbocycles. The zero-order chi connectivity index (χ0) is 24.9. The van der Waals surface area contributed by atoms with Crippen LogP contribution in [0.25, 0.3) is 0 Å². The first-order valence-electron chi connectivity index (χ1n) is 11.2. The lowest BCUT2D eigenvalue weighted by atomic mass is 10.0. The Balaban J connectivity index is 1.84. The Morgan fingerprint density at radius 3 is 2.38 bits per heavy atom. The van der Waals surface area contributed by atoms with Crippen molar-refractivity contribution >= 4 is 33.7 Å². The van der Waals surface area contributed by atoms with Crippen molar-refractivity contribution in [2.24, 2.45) is 0 Å². The van der Waals surface area contributed by atoms with Gasteiger partial charge in [-0.1, -0.05) is 48.0 Å². The first-order valence-corrected chi connectivity index (χ1v) is 13.8. The number of amides is 1. The molecule has 7 nitrogen and oxygen atoms in total. The lowest BCUT2D eigenvalue weighted by Crippen LogP contribution is -2.57. The number of sulfonamides is 1. The molecule has 0 bridgehead atoms. The molecular formula is C25H32N2O5S2. The molecule has 1 fully saturated rings. The van der Waals surface area contributed by atoms with Gasteiger partial charge in [-0.25, -0.2) is 13.2 Å². The Morgan fingerprint density at radius 2 is 1.76 bits per heavy atom. The van der Waals surface area contributed by atoms with Gasteiger partial charge in [0.15, 0.2) is 0 Å². The van der Waals surface area contributed by atoms with E-state index in [0.29, 0.717) is 11.5 Å². The SMILES string of the molecule is Cc1ccc(S(=O)(=O)N2CCSC[C@H]2C(=O)N[C@H](Cc2ccccc2)C(=O)OC(C)(C)C)cc1. The zero-order valence-corrected chi connectivity index (χ0v) is 21.6. The van der Waals surface area contributed by atoms with Gasteiger partial charge in [0.2, 0.25) is 15.9 Å². The van der Waals surface area contributed by atoms with E-state index in [0.717, 1.165) is 11.1 Å². The summed E-state index contributed by atoms with van der Waals surface area (Å²) in [5.41, 5.74) is 1.09. The average Bonchev–Trinajstić information content (AvgIpc) is 2.78. The largest absolute Gasteiger partial charge is 0.458 e. The molecule has 9 heteroatoms. The van der Waals surface area contributed by atoms with E-state index >= 15 is 0 Å². The number of ether oxygens (including phenoxy) is 1. The molecule has 0 unspecified atom stereocenters. The predicted octanol–water partition coefficient (Wildman–Crippen LogP) is 3.17. The van der Waals surface area contributed by atoms with Gasteiger partial charge >= 0.3 is 5.97 Å². The maximum atomic E-state index is 13.4. The fourth-order valence-electron chi connectivity index (χ4n) is 3.61. The molecule has 2 atom stereocenters. The normalized spacial score (nSPS) is 18.2. The Bertz CT molecular complexity index is 1100. The molecule has 1 N–H and O–H groups in total. The Labute approximate surface area is 206 Å². The van der Waals surface area contributed by atoms with Crippen molar-refractivity contribution in [1.29, 1.82) is 0 Å². The maximum absolute atomic E-state index is 13.4. The van der Waals surface area contributed by atoms with Gasteiger partial charge in [0.1, 0.15) is 17.7 Å². The molecule has 1 aliphatic rings. The second-order valence-corrected chi connectivity index (χ2v) is 12.3. The minimum atomic E-state index is -3.87. The molecule has 0 aromatic heterocycles. The first-order chi connectivity index (χ1) is 16.0. The van der Waals surface area contributed by atoms with E-state index in [2.05, 4.69) is 5.32 Å². The summed E-state index contributed by atoms with van der Waals surface area (Å²) in [5, 5.41) is 2.79. The third kappa shape index (κ3) is 6.84. The van der Waals surface area contributed by atoms with E-state index < -0.39 is 39.6 Å². The molecule has 0 radical (unpaired) electrons. The van der Waals surface area contributed by atoms with Crippen LogP contribution in [0.15, 0.2) is 59.5 Å². The van der Waals surface area contributed by atoms with Gasteiger partial charge in [0.25, 0.3) is 0 Å². The van der Waals surface area contributed by atoms with E-state index in [9.17, 15) is 18.0 Å². The van der Waals surface area contributed by atoms with Crippen LogP contribution < -0.4 is 5.32 Å². The topological polar surface area (TPSA) is 92.8 Å². The van der Waals surface area contributed by atoms with Crippen LogP contribution in [0.5, 0.6) is 0 Å². The number of aryl methyl sites for hydroxylation is 1. The molecule has 184 valence electrons. The number of nitrogens with one attached hydrogen (secondary N) is 1. The standard InChI is InChI=1S/C25H32N2O5S2/c1-18-10-12-20(13-11-18)34(30,31)27-14-15-33-17-22(27)23(28)26-21(24(29)32-25(2,3)4)16-19-8-6-5-7-9-19/h5-13,21-22H,14-17H2,1-4H3,(H,26,28)/t21-,22+/m1/s1. The van der Waals surface area contributed by atoms with E-state index in [-0.39, 0.29) is 17.9 Å². The number of hydrogen-bond donors (Lipinski definition) is 1. The third-order valence-electron chi connectivity index (χ3n) is 5.30. The summed E-state index contributed by atoms with van der Waals surface area (Å²) in [5.74, 6) is -0.159. The highest BCUT2D eigenvalue weighted by Gasteiger charge is 2.39. The molecule has 2 aromatic rings. The number of rotatable bonds is 7. The number of hydrogen-bond acceptors (Lipinski definition) is 6. The number of nitrogens with zero attached hydrogens (tertiary/aromatic N) is 1. The van der Waals surface area contributed by atoms with Gasteiger partial charge in [-0.2, -0.15) is 16.1 Å². The van der Waals surface area contributed by atoms with Crippen molar-refractivity contribution in [3.63, 3.8) is 0 Å². The summed E-state index contributed by atoms with van der Waals surface area (Å²) < 4.78 is 33.5. The first kappa shape index (κ1) is 26.2. The summed E-state index contributed by atoms with van der Waals surface area (Å²) in [6.07, 6.45) is 0.242. The molecule has 1 heterocycles. The van der Waals surface area contributed by atoms with Crippen molar-refractivity contribution in [2.75, 3.05) is 18.1 Å². The second-order valence-electron chi connectivity index (χ2n) is 9.30. The maximum Gasteiger partial charge on any atom is 0.329 e. The highest BCUT2D eigenvalue weighted by molar-refractivity contribution is 7.99. The third-order valence-corrected chi connectivity index (χ3v) is 8.25. The van der Waals surface area contributed by atoms with Crippen molar-refractivity contribution in [2.45, 2.75) is 56.7 Å². The minimum Gasteiger partial charge on any atom is -0.458 e. The quantitative estimate of drug-likeness (QED) is 0.583. The van der Waals surface area contributed by atoms with Crippen molar-refractivity contribution < 1.29 is 22.7 Å². The number of carbonyl (C=O) groups is 2. The second kappa shape index (κ2) is 10.9. The molecule has 1 aliphatic heterocycles. The van der Waals surface area contributed by atoms with E-state index in [1.54, 1.807) is 45.0 Å². The Kier molecular flexibility index (Phi) is 8.43. The van der Waals surface area contributed by atoms with Crippen LogP contribution >= 0.6 is 11.8 Å². The molecule has 2 aromatic carbocycles. The van der Waals surface area contributed by atoms with E-state index in [1.165, 1.54) is 16.1 Å². The van der Waals surface area contributed by atoms with Crippen LogP contribution in [-0.4, -0.2) is 60.3 Å². The molecular weight excluding hydrogens is 472 g/mol. The lowest BCUT2D eigenvalue weighted by Gasteiger charge is -2.34. The highest BCUT2D eigenvalue weighted by Crippen LogP contribution is 2.25. The number of benzene rings is 2. The summed E-state index contributed by atoms with van der Waals surface area (Å²) in [4.78, 5) is 26.5. The molecule has 1 saturated heterocycles. The summed E-state index contributed by atoms with van der Waals surface area (Å²) in [7, 11) is -3.87. The average molecular weight is 505 g/mol.